The average Bonchev–Trinajstić information content (AvgIpc) is 2.99. The highest BCUT2D eigenvalue weighted by atomic mass is 16.5. The van der Waals surface area contributed by atoms with E-state index in [1.54, 1.807) is 20.8 Å². The molecule has 0 unspecified atom stereocenters. The standard InChI is InChI=1S/C24H32N2O4/c1-8-26(22(28)17-10-12-18(13-11-17)24(5,6)7)14-19(27)20-15(3)21(25-16(20)4)23(29)30-9-2/h10-13,25H,8-9,14H2,1-7H3. The lowest BCUT2D eigenvalue weighted by atomic mass is 9.86. The second-order valence-electron chi connectivity index (χ2n) is 8.42. The van der Waals surface area contributed by atoms with Crippen molar-refractivity contribution < 1.29 is 19.1 Å². The van der Waals surface area contributed by atoms with E-state index in [-0.39, 0.29) is 36.0 Å². The highest BCUT2D eigenvalue weighted by molar-refractivity contribution is 6.05. The van der Waals surface area contributed by atoms with E-state index in [0.717, 1.165) is 5.56 Å². The molecule has 2 aromatic rings. The van der Waals surface area contributed by atoms with Gasteiger partial charge in [0, 0.05) is 23.4 Å². The fourth-order valence-electron chi connectivity index (χ4n) is 3.45. The largest absolute Gasteiger partial charge is 0.461 e. The molecule has 2 rings (SSSR count). The molecule has 0 saturated heterocycles. The summed E-state index contributed by atoms with van der Waals surface area (Å²) in [5.41, 5.74) is 3.56. The molecule has 0 fully saturated rings. The van der Waals surface area contributed by atoms with Crippen molar-refractivity contribution in [2.75, 3.05) is 19.7 Å². The number of nitrogens with zero attached hydrogens (tertiary/aromatic N) is 1. The topological polar surface area (TPSA) is 79.5 Å². The summed E-state index contributed by atoms with van der Waals surface area (Å²) in [7, 11) is 0. The van der Waals surface area contributed by atoms with Gasteiger partial charge in [-0.15, -0.1) is 0 Å². The Hall–Kier alpha value is -2.89. The maximum absolute atomic E-state index is 13.0. The zero-order valence-corrected chi connectivity index (χ0v) is 19.0. The van der Waals surface area contributed by atoms with Crippen LogP contribution in [-0.2, 0) is 10.2 Å². The summed E-state index contributed by atoms with van der Waals surface area (Å²) < 4.78 is 5.04. The van der Waals surface area contributed by atoms with Crippen molar-refractivity contribution in [2.24, 2.45) is 0 Å². The fourth-order valence-corrected chi connectivity index (χ4v) is 3.45. The van der Waals surface area contributed by atoms with Crippen molar-refractivity contribution in [3.8, 4) is 0 Å². The van der Waals surface area contributed by atoms with Gasteiger partial charge in [0.25, 0.3) is 5.91 Å². The van der Waals surface area contributed by atoms with Crippen molar-refractivity contribution in [3.05, 3.63) is 57.9 Å². The molecule has 0 aliphatic rings. The summed E-state index contributed by atoms with van der Waals surface area (Å²) in [4.78, 5) is 42.5. The molecule has 0 spiro atoms. The van der Waals surface area contributed by atoms with Crippen molar-refractivity contribution in [3.63, 3.8) is 0 Å². The van der Waals surface area contributed by atoms with Crippen molar-refractivity contribution in [2.45, 2.75) is 53.9 Å². The van der Waals surface area contributed by atoms with Crippen molar-refractivity contribution >= 4 is 17.7 Å². The molecule has 1 heterocycles. The third kappa shape index (κ3) is 4.99. The number of carbonyl (C=O) groups is 3. The number of ketones is 1. The number of aromatic amines is 1. The Labute approximate surface area is 178 Å². The first kappa shape index (κ1) is 23.4. The minimum atomic E-state index is -0.487. The molecule has 6 nitrogen and oxygen atoms in total. The molecular formula is C24H32N2O4. The molecule has 6 heteroatoms. The molecule has 162 valence electrons. The normalized spacial score (nSPS) is 11.3. The number of aryl methyl sites for hydroxylation is 1. The van der Waals surface area contributed by atoms with Crippen LogP contribution in [0.25, 0.3) is 0 Å². The Morgan fingerprint density at radius 1 is 1.03 bits per heavy atom. The number of carbonyl (C=O) groups excluding carboxylic acids is 3. The van der Waals surface area contributed by atoms with E-state index in [1.165, 1.54) is 4.90 Å². The Morgan fingerprint density at radius 3 is 2.13 bits per heavy atom. The van der Waals surface area contributed by atoms with Gasteiger partial charge in [0.05, 0.1) is 13.2 Å². The summed E-state index contributed by atoms with van der Waals surface area (Å²) >= 11 is 0. The molecule has 30 heavy (non-hydrogen) atoms. The monoisotopic (exact) mass is 412 g/mol. The number of hydrogen-bond acceptors (Lipinski definition) is 4. The van der Waals surface area contributed by atoms with E-state index < -0.39 is 5.97 Å². The van der Waals surface area contributed by atoms with Crippen LogP contribution in [-0.4, -0.2) is 47.2 Å². The molecule has 0 aliphatic carbocycles. The van der Waals surface area contributed by atoms with E-state index in [1.807, 2.05) is 31.2 Å². The molecule has 1 N–H and O–H groups in total. The number of H-pyrrole nitrogens is 1. The summed E-state index contributed by atoms with van der Waals surface area (Å²) in [6.07, 6.45) is 0. The van der Waals surface area contributed by atoms with Crippen LogP contribution < -0.4 is 0 Å². The summed E-state index contributed by atoms with van der Waals surface area (Å²) in [6, 6.07) is 7.52. The van der Waals surface area contributed by atoms with Crippen LogP contribution in [0.2, 0.25) is 0 Å². The Balaban J connectivity index is 2.22. The first-order valence-corrected chi connectivity index (χ1v) is 10.3. The van der Waals surface area contributed by atoms with Gasteiger partial charge in [-0.2, -0.15) is 0 Å². The lowest BCUT2D eigenvalue weighted by molar-refractivity contribution is 0.0519. The van der Waals surface area contributed by atoms with Gasteiger partial charge in [0.15, 0.2) is 5.78 Å². The number of rotatable bonds is 7. The van der Waals surface area contributed by atoms with Gasteiger partial charge in [-0.1, -0.05) is 32.9 Å². The van der Waals surface area contributed by atoms with E-state index in [0.29, 0.717) is 28.9 Å². The van der Waals surface area contributed by atoms with Gasteiger partial charge in [-0.25, -0.2) is 4.79 Å². The highest BCUT2D eigenvalue weighted by Gasteiger charge is 2.25. The zero-order chi connectivity index (χ0) is 22.6. The molecule has 0 saturated carbocycles. The Bertz CT molecular complexity index is 933. The Kier molecular flexibility index (Phi) is 7.24. The van der Waals surface area contributed by atoms with Crippen LogP contribution in [0.4, 0.5) is 0 Å². The molecule has 0 aliphatic heterocycles. The summed E-state index contributed by atoms with van der Waals surface area (Å²) in [5.74, 6) is -0.888. The number of hydrogen-bond donors (Lipinski definition) is 1. The number of aromatic nitrogens is 1. The fraction of sp³-hybridized carbons (Fsp3) is 0.458. The minimum Gasteiger partial charge on any atom is -0.461 e. The Morgan fingerprint density at radius 2 is 1.63 bits per heavy atom. The predicted octanol–water partition coefficient (Wildman–Crippen LogP) is 4.45. The van der Waals surface area contributed by atoms with Gasteiger partial charge in [0.2, 0.25) is 0 Å². The van der Waals surface area contributed by atoms with Crippen LogP contribution >= 0.6 is 0 Å². The number of Topliss-reactive ketones (excluding diaryl/α,β-unsaturated/α-hetero) is 1. The SMILES string of the molecule is CCOC(=O)c1[nH]c(C)c(C(=O)CN(CC)C(=O)c2ccc(C(C)(C)C)cc2)c1C. The molecule has 1 aromatic carbocycles. The van der Waals surface area contributed by atoms with Gasteiger partial charge in [0.1, 0.15) is 5.69 Å². The molecule has 0 bridgehead atoms. The first-order valence-electron chi connectivity index (χ1n) is 10.3. The number of nitrogens with one attached hydrogen (secondary N) is 1. The summed E-state index contributed by atoms with van der Waals surface area (Å²) in [5, 5.41) is 0. The van der Waals surface area contributed by atoms with Crippen molar-refractivity contribution in [1.82, 2.24) is 9.88 Å². The zero-order valence-electron chi connectivity index (χ0n) is 19.0. The molecular weight excluding hydrogens is 380 g/mol. The van der Waals surface area contributed by atoms with Gasteiger partial charge < -0.3 is 14.6 Å². The summed E-state index contributed by atoms with van der Waals surface area (Å²) in [6.45, 7) is 14.0. The molecule has 1 amide bonds. The lowest BCUT2D eigenvalue weighted by Gasteiger charge is -2.22. The van der Waals surface area contributed by atoms with E-state index >= 15 is 0 Å². The van der Waals surface area contributed by atoms with Crippen LogP contribution in [0.3, 0.4) is 0 Å². The van der Waals surface area contributed by atoms with Gasteiger partial charge >= 0.3 is 5.97 Å². The molecule has 0 radical (unpaired) electrons. The average molecular weight is 413 g/mol. The smallest absolute Gasteiger partial charge is 0.355 e. The highest BCUT2D eigenvalue weighted by Crippen LogP contribution is 2.23. The van der Waals surface area contributed by atoms with E-state index in [2.05, 4.69) is 25.8 Å². The number of likely N-dealkylation sites (N-methyl/N-ethyl adjacent to an activating group) is 1. The second kappa shape index (κ2) is 9.28. The predicted molar refractivity (Wildman–Crippen MR) is 117 cm³/mol. The van der Waals surface area contributed by atoms with Crippen molar-refractivity contribution in [1.29, 1.82) is 0 Å². The number of benzene rings is 1. The molecule has 1 aromatic heterocycles. The molecule has 0 atom stereocenters. The van der Waals surface area contributed by atoms with E-state index in [9.17, 15) is 14.4 Å². The lowest BCUT2D eigenvalue weighted by Crippen LogP contribution is -2.36. The number of ether oxygens (including phenoxy) is 1. The van der Waals surface area contributed by atoms with Gasteiger partial charge in [-0.3, -0.25) is 9.59 Å². The third-order valence-electron chi connectivity index (χ3n) is 5.20. The quantitative estimate of drug-likeness (QED) is 0.538. The first-order chi connectivity index (χ1) is 14.0. The maximum atomic E-state index is 13.0. The van der Waals surface area contributed by atoms with Crippen LogP contribution in [0, 0.1) is 13.8 Å². The van der Waals surface area contributed by atoms with Crippen LogP contribution in [0.15, 0.2) is 24.3 Å². The number of esters is 1. The third-order valence-corrected chi connectivity index (χ3v) is 5.20. The minimum absolute atomic E-state index is 0.00194. The van der Waals surface area contributed by atoms with Gasteiger partial charge in [-0.05, 0) is 56.4 Å². The van der Waals surface area contributed by atoms with E-state index in [4.69, 9.17) is 4.74 Å². The number of amides is 1. The maximum Gasteiger partial charge on any atom is 0.355 e. The second-order valence-corrected chi connectivity index (χ2v) is 8.42. The van der Waals surface area contributed by atoms with Crippen LogP contribution in [0.5, 0.6) is 0 Å². The van der Waals surface area contributed by atoms with Crippen LogP contribution in [0.1, 0.15) is 82.6 Å².